The molecule has 0 unspecified atom stereocenters. The quantitative estimate of drug-likeness (QED) is 0.826. The zero-order valence-corrected chi connectivity index (χ0v) is 13.2. The van der Waals surface area contributed by atoms with Crippen LogP contribution >= 0.6 is 0 Å². The van der Waals surface area contributed by atoms with Crippen LogP contribution in [-0.2, 0) is 0 Å². The van der Waals surface area contributed by atoms with Crippen molar-refractivity contribution in [3.05, 3.63) is 29.6 Å². The Bertz CT molecular complexity index is 672. The summed E-state index contributed by atoms with van der Waals surface area (Å²) in [4.78, 5) is 11.1. The van der Waals surface area contributed by atoms with Crippen molar-refractivity contribution < 1.29 is 10.0 Å². The van der Waals surface area contributed by atoms with Crippen molar-refractivity contribution in [2.45, 2.75) is 33.0 Å². The number of hydrogen-bond donors (Lipinski definition) is 2. The van der Waals surface area contributed by atoms with E-state index in [0.717, 1.165) is 42.7 Å². The van der Waals surface area contributed by atoms with Gasteiger partial charge in [-0.05, 0) is 55.8 Å². The van der Waals surface area contributed by atoms with Gasteiger partial charge in [-0.3, -0.25) is 0 Å². The maximum absolute atomic E-state index is 8.88. The molecule has 0 bridgehead atoms. The standard InChI is InChI=1S/C16H22BN3O2/c1-11-6-14-15(7-12(11)2)18-10-19-16(14)20-8-13(9-20)4-3-5-17(21)22/h6-7,10,13,21-22H,3-5,8-9H2,1-2H3. The van der Waals surface area contributed by atoms with Crippen molar-refractivity contribution in [1.82, 2.24) is 9.97 Å². The first-order valence-corrected chi connectivity index (χ1v) is 7.87. The average Bonchev–Trinajstić information content (AvgIpc) is 2.42. The maximum Gasteiger partial charge on any atom is 0.451 e. The summed E-state index contributed by atoms with van der Waals surface area (Å²) < 4.78 is 0. The van der Waals surface area contributed by atoms with Crippen LogP contribution in [-0.4, -0.2) is 40.2 Å². The molecule has 0 saturated carbocycles. The van der Waals surface area contributed by atoms with E-state index in [1.807, 2.05) is 0 Å². The van der Waals surface area contributed by atoms with Crippen LogP contribution in [0.1, 0.15) is 24.0 Å². The van der Waals surface area contributed by atoms with Crippen LogP contribution in [0.2, 0.25) is 6.32 Å². The van der Waals surface area contributed by atoms with Gasteiger partial charge in [0.05, 0.1) is 5.52 Å². The van der Waals surface area contributed by atoms with Gasteiger partial charge in [0.2, 0.25) is 0 Å². The number of benzene rings is 1. The largest absolute Gasteiger partial charge is 0.451 e. The Morgan fingerprint density at radius 2 is 1.91 bits per heavy atom. The molecule has 22 heavy (non-hydrogen) atoms. The number of fused-ring (bicyclic) bond motifs is 1. The first kappa shape index (κ1) is 15.2. The van der Waals surface area contributed by atoms with Crippen molar-refractivity contribution in [2.75, 3.05) is 18.0 Å². The highest BCUT2D eigenvalue weighted by molar-refractivity contribution is 6.40. The predicted octanol–water partition coefficient (Wildman–Crippen LogP) is 1.94. The Morgan fingerprint density at radius 3 is 2.64 bits per heavy atom. The summed E-state index contributed by atoms with van der Waals surface area (Å²) in [6, 6.07) is 4.30. The van der Waals surface area contributed by atoms with Crippen molar-refractivity contribution in [3.8, 4) is 0 Å². The summed E-state index contributed by atoms with van der Waals surface area (Å²) in [5.41, 5.74) is 3.51. The molecule has 0 spiro atoms. The second-order valence-electron chi connectivity index (χ2n) is 6.33. The molecule has 2 N–H and O–H groups in total. The third-order valence-electron chi connectivity index (χ3n) is 4.56. The Morgan fingerprint density at radius 1 is 1.18 bits per heavy atom. The number of anilines is 1. The first-order chi connectivity index (χ1) is 10.5. The molecule has 2 heterocycles. The van der Waals surface area contributed by atoms with Crippen LogP contribution in [0, 0.1) is 19.8 Å². The smallest absolute Gasteiger partial charge is 0.427 e. The number of nitrogens with zero attached hydrogens (tertiary/aromatic N) is 3. The highest BCUT2D eigenvalue weighted by atomic mass is 16.4. The fourth-order valence-corrected chi connectivity index (χ4v) is 3.07. The topological polar surface area (TPSA) is 69.5 Å². The molecule has 3 rings (SSSR count). The van der Waals surface area contributed by atoms with Gasteiger partial charge in [0.15, 0.2) is 0 Å². The van der Waals surface area contributed by atoms with Crippen LogP contribution in [0.15, 0.2) is 18.5 Å². The second kappa shape index (κ2) is 6.22. The van der Waals surface area contributed by atoms with E-state index in [2.05, 4.69) is 40.8 Å². The summed E-state index contributed by atoms with van der Waals surface area (Å²) in [6.07, 6.45) is 4.00. The van der Waals surface area contributed by atoms with Crippen molar-refractivity contribution in [1.29, 1.82) is 0 Å². The van der Waals surface area contributed by atoms with Gasteiger partial charge in [-0.1, -0.05) is 6.42 Å². The van der Waals surface area contributed by atoms with Crippen molar-refractivity contribution in [3.63, 3.8) is 0 Å². The zero-order chi connectivity index (χ0) is 15.7. The van der Waals surface area contributed by atoms with Crippen LogP contribution in [0.25, 0.3) is 10.9 Å². The molecule has 0 atom stereocenters. The van der Waals surface area contributed by atoms with E-state index in [-0.39, 0.29) is 0 Å². The lowest BCUT2D eigenvalue weighted by molar-refractivity contribution is 0.363. The average molecular weight is 299 g/mol. The predicted molar refractivity (Wildman–Crippen MR) is 88.9 cm³/mol. The molecule has 0 aliphatic carbocycles. The molecule has 0 radical (unpaired) electrons. The van der Waals surface area contributed by atoms with Gasteiger partial charge in [0.1, 0.15) is 12.1 Å². The molecule has 6 heteroatoms. The van der Waals surface area contributed by atoms with Crippen LogP contribution < -0.4 is 4.90 Å². The monoisotopic (exact) mass is 299 g/mol. The molecular formula is C16H22BN3O2. The molecule has 2 aromatic rings. The van der Waals surface area contributed by atoms with Gasteiger partial charge in [0, 0.05) is 18.5 Å². The lowest BCUT2D eigenvalue weighted by Gasteiger charge is -2.40. The number of aromatic nitrogens is 2. The van der Waals surface area contributed by atoms with E-state index < -0.39 is 7.12 Å². The minimum Gasteiger partial charge on any atom is -0.427 e. The summed E-state index contributed by atoms with van der Waals surface area (Å²) in [5.74, 6) is 1.64. The summed E-state index contributed by atoms with van der Waals surface area (Å²) in [7, 11) is -1.17. The molecule has 1 aromatic carbocycles. The summed E-state index contributed by atoms with van der Waals surface area (Å²) >= 11 is 0. The third-order valence-corrected chi connectivity index (χ3v) is 4.56. The highest BCUT2D eigenvalue weighted by Gasteiger charge is 2.28. The SMILES string of the molecule is Cc1cc2ncnc(N3CC(CCCB(O)O)C3)c2cc1C. The highest BCUT2D eigenvalue weighted by Crippen LogP contribution is 2.32. The van der Waals surface area contributed by atoms with Gasteiger partial charge >= 0.3 is 7.12 Å². The minimum absolute atomic E-state index is 0.464. The molecule has 5 nitrogen and oxygen atoms in total. The van der Waals surface area contributed by atoms with Crippen LogP contribution in [0.4, 0.5) is 5.82 Å². The minimum atomic E-state index is -1.17. The summed E-state index contributed by atoms with van der Waals surface area (Å²) in [6.45, 7) is 6.19. The fraction of sp³-hybridized carbons (Fsp3) is 0.500. The molecule has 1 saturated heterocycles. The molecule has 116 valence electrons. The second-order valence-corrected chi connectivity index (χ2v) is 6.33. The van der Waals surface area contributed by atoms with E-state index in [1.54, 1.807) is 6.33 Å². The summed E-state index contributed by atoms with van der Waals surface area (Å²) in [5, 5.41) is 18.9. The lowest BCUT2D eigenvalue weighted by atomic mass is 9.81. The van der Waals surface area contributed by atoms with Crippen molar-refractivity contribution >= 4 is 23.8 Å². The molecule has 1 aliphatic heterocycles. The number of rotatable bonds is 5. The van der Waals surface area contributed by atoms with Gasteiger partial charge in [-0.15, -0.1) is 0 Å². The molecule has 1 aromatic heterocycles. The van der Waals surface area contributed by atoms with Gasteiger partial charge in [-0.25, -0.2) is 9.97 Å². The van der Waals surface area contributed by atoms with E-state index in [0.29, 0.717) is 12.2 Å². The van der Waals surface area contributed by atoms with E-state index >= 15 is 0 Å². The Labute approximate surface area is 131 Å². The van der Waals surface area contributed by atoms with E-state index in [4.69, 9.17) is 10.0 Å². The van der Waals surface area contributed by atoms with Crippen molar-refractivity contribution in [2.24, 2.45) is 5.92 Å². The fourth-order valence-electron chi connectivity index (χ4n) is 3.07. The molecule has 0 amide bonds. The normalized spacial score (nSPS) is 15.2. The third kappa shape index (κ3) is 3.08. The Hall–Kier alpha value is -1.66. The van der Waals surface area contributed by atoms with E-state index in [9.17, 15) is 0 Å². The zero-order valence-electron chi connectivity index (χ0n) is 13.2. The first-order valence-electron chi connectivity index (χ1n) is 7.87. The lowest BCUT2D eigenvalue weighted by Crippen LogP contribution is -2.47. The maximum atomic E-state index is 8.88. The number of aryl methyl sites for hydroxylation is 2. The number of hydrogen-bond acceptors (Lipinski definition) is 5. The molecule has 1 fully saturated rings. The van der Waals surface area contributed by atoms with Gasteiger partial charge in [-0.2, -0.15) is 0 Å². The van der Waals surface area contributed by atoms with E-state index in [1.165, 1.54) is 11.1 Å². The molecule has 1 aliphatic rings. The van der Waals surface area contributed by atoms with Crippen LogP contribution in [0.5, 0.6) is 0 Å². The Balaban J connectivity index is 1.69. The Kier molecular flexibility index (Phi) is 4.31. The molecular weight excluding hydrogens is 277 g/mol. The van der Waals surface area contributed by atoms with Gasteiger partial charge < -0.3 is 14.9 Å². The van der Waals surface area contributed by atoms with Gasteiger partial charge in [0.25, 0.3) is 0 Å². The van der Waals surface area contributed by atoms with Crippen LogP contribution in [0.3, 0.4) is 0 Å².